The molecular formula is C10H17NO6. The van der Waals surface area contributed by atoms with Crippen molar-refractivity contribution in [1.29, 1.82) is 0 Å². The quantitative estimate of drug-likeness (QED) is 0.375. The summed E-state index contributed by atoms with van der Waals surface area (Å²) in [5.74, 6) is -2.49. The second-order valence-corrected chi connectivity index (χ2v) is 3.39. The lowest BCUT2D eigenvalue weighted by Crippen LogP contribution is -2.35. The first-order valence-electron chi connectivity index (χ1n) is 5.39. The summed E-state index contributed by atoms with van der Waals surface area (Å²) < 4.78 is 9.36. The Morgan fingerprint density at radius 1 is 1.24 bits per heavy atom. The Morgan fingerprint density at radius 2 is 1.76 bits per heavy atom. The minimum absolute atomic E-state index is 0.114. The average Bonchev–Trinajstić information content (AvgIpc) is 2.25. The zero-order chi connectivity index (χ0) is 13.4. The molecule has 0 N–H and O–H groups in total. The second-order valence-electron chi connectivity index (χ2n) is 3.39. The van der Waals surface area contributed by atoms with Crippen molar-refractivity contribution < 1.29 is 24.0 Å². The Labute approximate surface area is 99.2 Å². The average molecular weight is 247 g/mol. The summed E-state index contributed by atoms with van der Waals surface area (Å²) in [6, 6.07) is -1.18. The Hall–Kier alpha value is -1.66. The van der Waals surface area contributed by atoms with E-state index in [2.05, 4.69) is 4.74 Å². The van der Waals surface area contributed by atoms with Crippen LogP contribution in [0.5, 0.6) is 0 Å². The van der Waals surface area contributed by atoms with E-state index in [4.69, 9.17) is 4.74 Å². The second kappa shape index (κ2) is 7.59. The van der Waals surface area contributed by atoms with Gasteiger partial charge < -0.3 is 9.47 Å². The van der Waals surface area contributed by atoms with Gasteiger partial charge in [-0.1, -0.05) is 0 Å². The highest BCUT2D eigenvalue weighted by Gasteiger charge is 2.36. The van der Waals surface area contributed by atoms with Crippen LogP contribution < -0.4 is 0 Å². The molecule has 0 spiro atoms. The number of hydrogen-bond acceptors (Lipinski definition) is 6. The van der Waals surface area contributed by atoms with Crippen molar-refractivity contribution >= 4 is 11.9 Å². The lowest BCUT2D eigenvalue weighted by atomic mass is 9.98. The van der Waals surface area contributed by atoms with E-state index >= 15 is 0 Å². The summed E-state index contributed by atoms with van der Waals surface area (Å²) in [6.07, 6.45) is -0.338. The number of hydrogen-bond donors (Lipinski definition) is 0. The monoisotopic (exact) mass is 247 g/mol. The van der Waals surface area contributed by atoms with Gasteiger partial charge in [-0.15, -0.1) is 0 Å². The summed E-state index contributed by atoms with van der Waals surface area (Å²) in [7, 11) is 0. The van der Waals surface area contributed by atoms with Crippen molar-refractivity contribution in [3.05, 3.63) is 10.1 Å². The van der Waals surface area contributed by atoms with Crippen LogP contribution in [-0.2, 0) is 19.1 Å². The van der Waals surface area contributed by atoms with Crippen LogP contribution in [-0.4, -0.2) is 36.1 Å². The molecule has 0 aliphatic carbocycles. The third-order valence-electron chi connectivity index (χ3n) is 2.20. The zero-order valence-electron chi connectivity index (χ0n) is 10.2. The topological polar surface area (TPSA) is 95.7 Å². The molecule has 0 aromatic carbocycles. The maximum Gasteiger partial charge on any atom is 0.316 e. The van der Waals surface area contributed by atoms with Gasteiger partial charge in [-0.2, -0.15) is 0 Å². The van der Waals surface area contributed by atoms with Crippen molar-refractivity contribution in [1.82, 2.24) is 0 Å². The highest BCUT2D eigenvalue weighted by molar-refractivity contribution is 5.80. The maximum absolute atomic E-state index is 11.5. The molecule has 0 radical (unpaired) electrons. The normalized spacial score (nSPS) is 13.6. The largest absolute Gasteiger partial charge is 0.466 e. The number of carbonyl (C=O) groups is 2. The molecule has 2 atom stereocenters. The van der Waals surface area contributed by atoms with E-state index in [0.717, 1.165) is 0 Å². The molecule has 0 rings (SSSR count). The number of rotatable bonds is 7. The van der Waals surface area contributed by atoms with Crippen molar-refractivity contribution in [3.63, 3.8) is 0 Å². The van der Waals surface area contributed by atoms with Gasteiger partial charge in [0.1, 0.15) is 5.92 Å². The summed E-state index contributed by atoms with van der Waals surface area (Å²) in [4.78, 5) is 32.8. The third kappa shape index (κ3) is 5.28. The number of ether oxygens (including phenoxy) is 2. The highest BCUT2D eigenvalue weighted by atomic mass is 16.6. The Kier molecular flexibility index (Phi) is 6.85. The molecule has 17 heavy (non-hydrogen) atoms. The van der Waals surface area contributed by atoms with Crippen LogP contribution in [0.15, 0.2) is 0 Å². The molecule has 0 unspecified atom stereocenters. The number of esters is 2. The molecule has 0 aromatic rings. The predicted molar refractivity (Wildman–Crippen MR) is 57.8 cm³/mol. The first-order valence-corrected chi connectivity index (χ1v) is 5.39. The van der Waals surface area contributed by atoms with E-state index < -0.39 is 28.8 Å². The third-order valence-corrected chi connectivity index (χ3v) is 2.20. The van der Waals surface area contributed by atoms with Gasteiger partial charge in [-0.05, 0) is 13.8 Å². The molecule has 0 aliphatic rings. The summed E-state index contributed by atoms with van der Waals surface area (Å²) in [5.41, 5.74) is 0. The van der Waals surface area contributed by atoms with E-state index in [0.29, 0.717) is 0 Å². The van der Waals surface area contributed by atoms with Gasteiger partial charge in [-0.25, -0.2) is 0 Å². The molecular weight excluding hydrogens is 230 g/mol. The van der Waals surface area contributed by atoms with E-state index in [-0.39, 0.29) is 19.6 Å². The minimum atomic E-state index is -1.18. The molecule has 0 aliphatic heterocycles. The molecule has 98 valence electrons. The van der Waals surface area contributed by atoms with Gasteiger partial charge in [0.25, 0.3) is 0 Å². The van der Waals surface area contributed by atoms with Gasteiger partial charge in [0, 0.05) is 11.8 Å². The molecule has 0 saturated carbocycles. The fourth-order valence-corrected chi connectivity index (χ4v) is 1.25. The van der Waals surface area contributed by atoms with Crippen LogP contribution in [0.4, 0.5) is 0 Å². The fourth-order valence-electron chi connectivity index (χ4n) is 1.25. The first-order chi connectivity index (χ1) is 7.93. The van der Waals surface area contributed by atoms with Crippen LogP contribution in [0.25, 0.3) is 0 Å². The smallest absolute Gasteiger partial charge is 0.316 e. The fraction of sp³-hybridized carbons (Fsp3) is 0.800. The van der Waals surface area contributed by atoms with Crippen molar-refractivity contribution in [2.75, 3.05) is 13.2 Å². The van der Waals surface area contributed by atoms with Gasteiger partial charge in [-0.3, -0.25) is 19.7 Å². The Balaban J connectivity index is 4.67. The van der Waals surface area contributed by atoms with Gasteiger partial charge in [0.05, 0.1) is 19.6 Å². The maximum atomic E-state index is 11.5. The van der Waals surface area contributed by atoms with Gasteiger partial charge in [0.15, 0.2) is 0 Å². The van der Waals surface area contributed by atoms with Crippen molar-refractivity contribution in [3.8, 4) is 0 Å². The van der Waals surface area contributed by atoms with E-state index in [1.54, 1.807) is 13.8 Å². The van der Waals surface area contributed by atoms with Crippen molar-refractivity contribution in [2.24, 2.45) is 5.92 Å². The number of carbonyl (C=O) groups excluding carboxylic acids is 2. The molecule has 0 amide bonds. The molecule has 0 bridgehead atoms. The van der Waals surface area contributed by atoms with E-state index in [9.17, 15) is 19.7 Å². The highest BCUT2D eigenvalue weighted by Crippen LogP contribution is 2.15. The molecule has 7 nitrogen and oxygen atoms in total. The van der Waals surface area contributed by atoms with Gasteiger partial charge >= 0.3 is 11.9 Å². The van der Waals surface area contributed by atoms with Crippen LogP contribution in [0.3, 0.4) is 0 Å². The SMILES string of the molecule is CCOC(=O)C[C@H](C(=O)OCC)[C@H](C)[N+](=O)[O-]. The lowest BCUT2D eigenvalue weighted by Gasteiger charge is -2.15. The van der Waals surface area contributed by atoms with E-state index in [1.807, 2.05) is 0 Å². The van der Waals surface area contributed by atoms with E-state index in [1.165, 1.54) is 6.92 Å². The van der Waals surface area contributed by atoms with Crippen LogP contribution in [0.1, 0.15) is 27.2 Å². The molecule has 0 aromatic heterocycles. The number of nitro groups is 1. The summed E-state index contributed by atoms with van der Waals surface area (Å²) in [5, 5.41) is 10.6. The molecule has 0 saturated heterocycles. The Morgan fingerprint density at radius 3 is 2.18 bits per heavy atom. The Bertz CT molecular complexity index is 291. The number of nitrogens with zero attached hydrogens (tertiary/aromatic N) is 1. The van der Waals surface area contributed by atoms with Crippen molar-refractivity contribution in [2.45, 2.75) is 33.2 Å². The minimum Gasteiger partial charge on any atom is -0.466 e. The predicted octanol–water partition coefficient (Wildman–Crippen LogP) is 0.784. The summed E-state index contributed by atoms with van der Waals surface area (Å²) >= 11 is 0. The van der Waals surface area contributed by atoms with Crippen LogP contribution >= 0.6 is 0 Å². The van der Waals surface area contributed by atoms with Crippen LogP contribution in [0.2, 0.25) is 0 Å². The standard InChI is InChI=1S/C10H17NO6/c1-4-16-9(12)6-8(7(3)11(14)15)10(13)17-5-2/h7-8H,4-6H2,1-3H3/t7-,8-/m0/s1. The molecule has 0 heterocycles. The summed E-state index contributed by atoms with van der Waals surface area (Å²) in [6.45, 7) is 4.76. The van der Waals surface area contributed by atoms with Gasteiger partial charge in [0.2, 0.25) is 6.04 Å². The lowest BCUT2D eigenvalue weighted by molar-refractivity contribution is -0.525. The molecule has 7 heteroatoms. The molecule has 0 fully saturated rings. The first kappa shape index (κ1) is 15.3. The van der Waals surface area contributed by atoms with Crippen LogP contribution in [0, 0.1) is 16.0 Å². The zero-order valence-corrected chi connectivity index (χ0v) is 10.2.